The summed E-state index contributed by atoms with van der Waals surface area (Å²) in [6.45, 7) is 0. The molecule has 9 aromatic rings. The molecule has 9 rings (SSSR count). The third-order valence-corrected chi connectivity index (χ3v) is 8.27. The molecule has 0 aliphatic rings. The molecule has 0 aliphatic carbocycles. The number of hydrogen-bond donors (Lipinski definition) is 0. The zero-order valence-electron chi connectivity index (χ0n) is 26.0. The van der Waals surface area contributed by atoms with E-state index in [1.54, 1.807) is 0 Å². The summed E-state index contributed by atoms with van der Waals surface area (Å²) in [7, 11) is 0. The molecule has 0 N–H and O–H groups in total. The van der Waals surface area contributed by atoms with Gasteiger partial charge in [-0.3, -0.25) is 0 Å². The lowest BCUT2D eigenvalue weighted by molar-refractivity contribution is 0.672. The highest BCUT2D eigenvalue weighted by atomic mass is 16.3. The van der Waals surface area contributed by atoms with Gasteiger partial charge in [-0.15, -0.1) is 0 Å². The normalized spacial score (nSPS) is 13.3. The molecule has 1 nitrogen and oxygen atoms in total. The van der Waals surface area contributed by atoms with Gasteiger partial charge in [-0.1, -0.05) is 109 Å². The summed E-state index contributed by atoms with van der Waals surface area (Å²) in [5, 5.41) is 10.7. The van der Waals surface area contributed by atoms with Crippen molar-refractivity contribution in [1.29, 1.82) is 0 Å². The minimum atomic E-state index is -0.0614. The van der Waals surface area contributed by atoms with Crippen LogP contribution < -0.4 is 0 Å². The maximum absolute atomic E-state index is 9.04. The highest BCUT2D eigenvalue weighted by molar-refractivity contribution is 6.16. The lowest BCUT2D eigenvalue weighted by atomic mass is 9.94. The fraction of sp³-hybridized carbons (Fsp3) is 0. The first-order chi connectivity index (χ1) is 22.0. The van der Waals surface area contributed by atoms with E-state index < -0.39 is 0 Å². The maximum Gasteiger partial charge on any atom is 0.143 e. The maximum atomic E-state index is 9.04. The van der Waals surface area contributed by atoms with E-state index in [1.165, 1.54) is 10.8 Å². The molecule has 1 heteroatoms. The Bertz CT molecular complexity index is 2680. The predicted molar refractivity (Wildman–Crippen MR) is 175 cm³/mol. The van der Waals surface area contributed by atoms with Gasteiger partial charge in [0, 0.05) is 16.2 Å². The molecule has 1 heterocycles. The van der Waals surface area contributed by atoms with E-state index in [2.05, 4.69) is 48.5 Å². The van der Waals surface area contributed by atoms with Crippen molar-refractivity contribution < 1.29 is 9.90 Å². The Kier molecular flexibility index (Phi) is 3.92. The quantitative estimate of drug-likeness (QED) is 0.162. The first-order valence-electron chi connectivity index (χ1n) is 15.8. The zero-order valence-corrected chi connectivity index (χ0v) is 22.0. The van der Waals surface area contributed by atoms with Crippen molar-refractivity contribution in [2.75, 3.05) is 0 Å². The molecule has 0 aliphatic heterocycles. The van der Waals surface area contributed by atoms with Crippen molar-refractivity contribution in [2.45, 2.75) is 0 Å². The second kappa shape index (κ2) is 8.55. The third-order valence-electron chi connectivity index (χ3n) is 8.27. The number of rotatable bonds is 2. The van der Waals surface area contributed by atoms with E-state index in [1.807, 2.05) is 72.8 Å². The van der Waals surface area contributed by atoms with E-state index in [0.29, 0.717) is 22.3 Å². The van der Waals surface area contributed by atoms with Gasteiger partial charge in [0.15, 0.2) is 0 Å². The van der Waals surface area contributed by atoms with E-state index in [-0.39, 0.29) is 29.7 Å². The van der Waals surface area contributed by atoms with E-state index in [4.69, 9.17) is 9.90 Å². The SMILES string of the molecule is [2H]c1c([2H])c(-c2ccc3oc4c5ccccc5ccc4c3c2)c([2H])c([2H])c1-c1ccc2c(ccc3cc4ccccc4cc32)c1. The second-order valence-electron chi connectivity index (χ2n) is 10.6. The Labute approximate surface area is 242 Å². The van der Waals surface area contributed by atoms with Crippen LogP contribution in [0, 0.1) is 0 Å². The van der Waals surface area contributed by atoms with Gasteiger partial charge in [-0.05, 0) is 96.4 Å². The van der Waals surface area contributed by atoms with Gasteiger partial charge in [0.05, 0.1) is 5.48 Å². The van der Waals surface area contributed by atoms with Crippen molar-refractivity contribution in [3.8, 4) is 22.3 Å². The van der Waals surface area contributed by atoms with Crippen molar-refractivity contribution in [3.05, 3.63) is 145 Å². The molecule has 41 heavy (non-hydrogen) atoms. The summed E-state index contributed by atoms with van der Waals surface area (Å²) in [5.74, 6) is 0. The van der Waals surface area contributed by atoms with E-state index in [0.717, 1.165) is 48.7 Å². The van der Waals surface area contributed by atoms with Crippen LogP contribution in [0.1, 0.15) is 5.48 Å². The van der Waals surface area contributed by atoms with Gasteiger partial charge in [0.25, 0.3) is 0 Å². The molecule has 0 amide bonds. The summed E-state index contributed by atoms with van der Waals surface area (Å²) in [6.07, 6.45) is 0. The van der Waals surface area contributed by atoms with Gasteiger partial charge in [-0.2, -0.15) is 0 Å². The summed E-state index contributed by atoms with van der Waals surface area (Å²) in [6, 6.07) is 40.4. The molecule has 0 saturated carbocycles. The highest BCUT2D eigenvalue weighted by Crippen LogP contribution is 2.37. The van der Waals surface area contributed by atoms with Crippen molar-refractivity contribution >= 4 is 65.0 Å². The van der Waals surface area contributed by atoms with Crippen molar-refractivity contribution in [2.24, 2.45) is 0 Å². The second-order valence-corrected chi connectivity index (χ2v) is 10.6. The van der Waals surface area contributed by atoms with Crippen LogP contribution in [0.15, 0.2) is 150 Å². The molecule has 0 unspecified atom stereocenters. The summed E-state index contributed by atoms with van der Waals surface area (Å²) in [4.78, 5) is 0. The average molecular weight is 525 g/mol. The molecule has 190 valence electrons. The minimum Gasteiger partial charge on any atom is -0.455 e. The number of furan rings is 1. The number of fused-ring (bicyclic) bond motifs is 9. The lowest BCUT2D eigenvalue weighted by Crippen LogP contribution is -1.83. The van der Waals surface area contributed by atoms with Crippen LogP contribution in [0.2, 0.25) is 0 Å². The first kappa shape index (κ1) is 18.8. The fourth-order valence-corrected chi connectivity index (χ4v) is 6.17. The summed E-state index contributed by atoms with van der Waals surface area (Å²) < 4.78 is 42.4. The van der Waals surface area contributed by atoms with Gasteiger partial charge in [0.1, 0.15) is 11.2 Å². The molecule has 8 aromatic carbocycles. The Balaban J connectivity index is 1.20. The molecule has 0 fully saturated rings. The third kappa shape index (κ3) is 3.49. The Morgan fingerprint density at radius 1 is 0.366 bits per heavy atom. The minimum absolute atomic E-state index is 0.0553. The molecular formula is C40H24O. The molecule has 0 bridgehead atoms. The molecule has 0 spiro atoms. The Morgan fingerprint density at radius 2 is 0.976 bits per heavy atom. The van der Waals surface area contributed by atoms with Gasteiger partial charge >= 0.3 is 0 Å². The number of benzene rings is 8. The smallest absolute Gasteiger partial charge is 0.143 e. The lowest BCUT2D eigenvalue weighted by Gasteiger charge is -2.10. The van der Waals surface area contributed by atoms with Crippen LogP contribution in [0.25, 0.3) is 87.3 Å². The zero-order chi connectivity index (χ0) is 30.4. The van der Waals surface area contributed by atoms with Gasteiger partial charge < -0.3 is 4.42 Å². The summed E-state index contributed by atoms with van der Waals surface area (Å²) in [5.41, 5.74) is 3.38. The highest BCUT2D eigenvalue weighted by Gasteiger charge is 2.12. The van der Waals surface area contributed by atoms with Crippen LogP contribution in [-0.2, 0) is 0 Å². The molecular weight excluding hydrogens is 496 g/mol. The number of hydrogen-bond acceptors (Lipinski definition) is 1. The molecule has 0 atom stereocenters. The Hall–Kier alpha value is -5.40. The standard InChI is InChI=1S/C40H24O/c1-2-7-29-23-37-33(21-28(29)6-1)14-13-32-22-30(16-18-34(32)37)25-9-11-26(12-10-25)31-17-20-39-38(24-31)36-19-15-27-5-3-4-8-35(27)40(36)41-39/h1-24H/i9D,10D,11D,12D. The van der Waals surface area contributed by atoms with E-state index in [9.17, 15) is 0 Å². The topological polar surface area (TPSA) is 13.1 Å². The summed E-state index contributed by atoms with van der Waals surface area (Å²) >= 11 is 0. The van der Waals surface area contributed by atoms with Crippen molar-refractivity contribution in [3.63, 3.8) is 0 Å². The van der Waals surface area contributed by atoms with Crippen LogP contribution in [0.4, 0.5) is 0 Å². The predicted octanol–water partition coefficient (Wildman–Crippen LogP) is 11.5. The van der Waals surface area contributed by atoms with Crippen LogP contribution in [-0.4, -0.2) is 0 Å². The van der Waals surface area contributed by atoms with Crippen LogP contribution in [0.5, 0.6) is 0 Å². The molecule has 1 aromatic heterocycles. The van der Waals surface area contributed by atoms with Gasteiger partial charge in [-0.25, -0.2) is 0 Å². The largest absolute Gasteiger partial charge is 0.455 e. The molecule has 0 saturated heterocycles. The van der Waals surface area contributed by atoms with Crippen LogP contribution >= 0.6 is 0 Å². The van der Waals surface area contributed by atoms with Gasteiger partial charge in [0.2, 0.25) is 0 Å². The fourth-order valence-electron chi connectivity index (χ4n) is 6.17. The molecule has 0 radical (unpaired) electrons. The first-order valence-corrected chi connectivity index (χ1v) is 13.8. The van der Waals surface area contributed by atoms with Crippen molar-refractivity contribution in [1.82, 2.24) is 0 Å². The van der Waals surface area contributed by atoms with Crippen LogP contribution in [0.3, 0.4) is 0 Å². The average Bonchev–Trinajstić information content (AvgIpc) is 3.45. The monoisotopic (exact) mass is 524 g/mol. The van der Waals surface area contributed by atoms with E-state index >= 15 is 0 Å². The Morgan fingerprint density at radius 3 is 1.78 bits per heavy atom.